The van der Waals surface area contributed by atoms with Gasteiger partial charge >= 0.3 is 5.97 Å². The number of nitrogens with one attached hydrogen (secondary N) is 1. The van der Waals surface area contributed by atoms with E-state index in [1.54, 1.807) is 0 Å². The predicted molar refractivity (Wildman–Crippen MR) is 254 cm³/mol. The van der Waals surface area contributed by atoms with Crippen molar-refractivity contribution < 1.29 is 24.5 Å². The van der Waals surface area contributed by atoms with Gasteiger partial charge in [-0.3, -0.25) is 9.59 Å². The molecule has 0 aromatic carbocycles. The van der Waals surface area contributed by atoms with E-state index in [-0.39, 0.29) is 31.3 Å². The monoisotopic (exact) mass is 818 g/mol. The molecule has 3 unspecified atom stereocenters. The molecule has 0 heterocycles. The highest BCUT2D eigenvalue weighted by Crippen LogP contribution is 2.15. The van der Waals surface area contributed by atoms with E-state index in [0.717, 1.165) is 57.8 Å². The molecule has 6 heteroatoms. The Labute approximate surface area is 362 Å². The van der Waals surface area contributed by atoms with Crippen LogP contribution in [0.1, 0.15) is 188 Å². The molecule has 0 aliphatic rings. The van der Waals surface area contributed by atoms with Crippen LogP contribution in [0.5, 0.6) is 0 Å². The summed E-state index contributed by atoms with van der Waals surface area (Å²) in [5.74, 6) is -0.677. The van der Waals surface area contributed by atoms with Crippen LogP contribution >= 0.6 is 0 Å². The molecule has 3 atom stereocenters. The van der Waals surface area contributed by atoms with Crippen LogP contribution in [0, 0.1) is 0 Å². The summed E-state index contributed by atoms with van der Waals surface area (Å²) < 4.78 is 5.80. The SMILES string of the molecule is CC/C=C/C=C/C=C\C=C/C=C/CCCC(=O)OC(C/C=C\C/C=C\C/C=C\C/C=C\CCCCC)CC(=O)NC(CO)C(O)CCCCCCCCCCCCCC. The van der Waals surface area contributed by atoms with E-state index in [2.05, 4.69) is 68.6 Å². The first kappa shape index (κ1) is 55.5. The first-order chi connectivity index (χ1) is 29.0. The minimum Gasteiger partial charge on any atom is -0.461 e. The summed E-state index contributed by atoms with van der Waals surface area (Å²) >= 11 is 0. The number of hydrogen-bond donors (Lipinski definition) is 3. The molecule has 334 valence electrons. The number of aliphatic hydroxyl groups is 2. The maximum Gasteiger partial charge on any atom is 0.306 e. The summed E-state index contributed by atoms with van der Waals surface area (Å²) in [6, 6.07) is -0.751. The van der Waals surface area contributed by atoms with Gasteiger partial charge in [0.2, 0.25) is 5.91 Å². The highest BCUT2D eigenvalue weighted by Gasteiger charge is 2.23. The second-order valence-corrected chi connectivity index (χ2v) is 15.6. The number of ether oxygens (including phenoxy) is 1. The molecule has 1 amide bonds. The largest absolute Gasteiger partial charge is 0.461 e. The van der Waals surface area contributed by atoms with Crippen molar-refractivity contribution in [2.24, 2.45) is 0 Å². The highest BCUT2D eigenvalue weighted by molar-refractivity contribution is 5.77. The second-order valence-electron chi connectivity index (χ2n) is 15.6. The van der Waals surface area contributed by atoms with Gasteiger partial charge in [-0.2, -0.15) is 0 Å². The maximum atomic E-state index is 13.1. The molecule has 0 saturated heterocycles. The van der Waals surface area contributed by atoms with Crippen LogP contribution in [-0.2, 0) is 14.3 Å². The number of unbranched alkanes of at least 4 members (excludes halogenated alkanes) is 15. The third kappa shape index (κ3) is 41.1. The molecule has 0 radical (unpaired) electrons. The van der Waals surface area contributed by atoms with Crippen molar-refractivity contribution in [3.63, 3.8) is 0 Å². The molecular weight excluding hydrogens is 731 g/mol. The lowest BCUT2D eigenvalue weighted by Crippen LogP contribution is -2.46. The smallest absolute Gasteiger partial charge is 0.306 e. The van der Waals surface area contributed by atoms with E-state index in [1.165, 1.54) is 77.0 Å². The van der Waals surface area contributed by atoms with Gasteiger partial charge < -0.3 is 20.3 Å². The van der Waals surface area contributed by atoms with E-state index in [9.17, 15) is 19.8 Å². The van der Waals surface area contributed by atoms with Crippen LogP contribution in [0.2, 0.25) is 0 Å². The van der Waals surface area contributed by atoms with Crippen LogP contribution in [0.15, 0.2) is 109 Å². The molecule has 0 aromatic heterocycles. The van der Waals surface area contributed by atoms with Crippen LogP contribution in [0.3, 0.4) is 0 Å². The average molecular weight is 818 g/mol. The number of aliphatic hydroxyl groups excluding tert-OH is 2. The second kappa shape index (κ2) is 45.6. The van der Waals surface area contributed by atoms with Gasteiger partial charge in [0.05, 0.1) is 25.2 Å². The molecule has 3 N–H and O–H groups in total. The van der Waals surface area contributed by atoms with Gasteiger partial charge in [-0.1, -0.05) is 220 Å². The third-order valence-electron chi connectivity index (χ3n) is 9.97. The average Bonchev–Trinajstić information content (AvgIpc) is 3.23. The Morgan fingerprint density at radius 2 is 1.02 bits per heavy atom. The number of hydrogen-bond acceptors (Lipinski definition) is 5. The Bertz CT molecular complexity index is 1240. The number of amides is 1. The van der Waals surface area contributed by atoms with E-state index in [1.807, 2.05) is 66.8 Å². The van der Waals surface area contributed by atoms with E-state index in [0.29, 0.717) is 19.3 Å². The van der Waals surface area contributed by atoms with E-state index < -0.39 is 18.2 Å². The Morgan fingerprint density at radius 1 is 0.542 bits per heavy atom. The van der Waals surface area contributed by atoms with Gasteiger partial charge in [-0.15, -0.1) is 0 Å². The van der Waals surface area contributed by atoms with Crippen molar-refractivity contribution in [2.45, 2.75) is 206 Å². The number of rotatable bonds is 40. The molecule has 0 aliphatic carbocycles. The molecule has 0 saturated carbocycles. The van der Waals surface area contributed by atoms with Crippen molar-refractivity contribution in [3.05, 3.63) is 109 Å². The normalized spacial score (nSPS) is 14.3. The topological polar surface area (TPSA) is 95.9 Å². The third-order valence-corrected chi connectivity index (χ3v) is 9.97. The number of carbonyl (C=O) groups excluding carboxylic acids is 2. The van der Waals surface area contributed by atoms with Gasteiger partial charge in [0, 0.05) is 12.8 Å². The number of allylic oxidation sites excluding steroid dienone is 17. The predicted octanol–water partition coefficient (Wildman–Crippen LogP) is 13.9. The lowest BCUT2D eigenvalue weighted by Gasteiger charge is -2.24. The molecule has 0 aliphatic heterocycles. The summed E-state index contributed by atoms with van der Waals surface area (Å²) in [6.07, 6.45) is 61.6. The summed E-state index contributed by atoms with van der Waals surface area (Å²) in [4.78, 5) is 26.0. The van der Waals surface area contributed by atoms with Gasteiger partial charge in [0.25, 0.3) is 0 Å². The fourth-order valence-electron chi connectivity index (χ4n) is 6.38. The van der Waals surface area contributed by atoms with Crippen molar-refractivity contribution in [2.75, 3.05) is 6.61 Å². The molecule has 0 aromatic rings. The molecular formula is C53H87NO5. The fraction of sp³-hybridized carbons (Fsp3) is 0.623. The Balaban J connectivity index is 4.89. The Hall–Kier alpha value is -3.48. The lowest BCUT2D eigenvalue weighted by atomic mass is 10.0. The first-order valence-electron chi connectivity index (χ1n) is 23.7. The highest BCUT2D eigenvalue weighted by atomic mass is 16.5. The lowest BCUT2D eigenvalue weighted by molar-refractivity contribution is -0.150. The zero-order valence-corrected chi connectivity index (χ0v) is 37.8. The molecule has 59 heavy (non-hydrogen) atoms. The van der Waals surface area contributed by atoms with Gasteiger partial charge in [-0.25, -0.2) is 0 Å². The van der Waals surface area contributed by atoms with Crippen molar-refractivity contribution in [1.82, 2.24) is 5.32 Å². The summed E-state index contributed by atoms with van der Waals surface area (Å²) in [6.45, 7) is 6.24. The van der Waals surface area contributed by atoms with Crippen LogP contribution < -0.4 is 5.32 Å². The van der Waals surface area contributed by atoms with Crippen molar-refractivity contribution in [3.8, 4) is 0 Å². The van der Waals surface area contributed by atoms with Crippen LogP contribution in [0.25, 0.3) is 0 Å². The molecule has 0 rings (SSSR count). The minimum atomic E-state index is -0.828. The van der Waals surface area contributed by atoms with Gasteiger partial charge in [-0.05, 0) is 57.8 Å². The van der Waals surface area contributed by atoms with Crippen LogP contribution in [0.4, 0.5) is 0 Å². The number of esters is 1. The van der Waals surface area contributed by atoms with Crippen molar-refractivity contribution in [1.29, 1.82) is 0 Å². The Morgan fingerprint density at radius 3 is 1.58 bits per heavy atom. The quantitative estimate of drug-likeness (QED) is 0.0248. The zero-order chi connectivity index (χ0) is 43.1. The number of carbonyl (C=O) groups is 2. The molecule has 0 spiro atoms. The van der Waals surface area contributed by atoms with Gasteiger partial charge in [0.1, 0.15) is 6.10 Å². The fourth-order valence-corrected chi connectivity index (χ4v) is 6.38. The Kier molecular flexibility index (Phi) is 42.9. The molecule has 0 fully saturated rings. The van der Waals surface area contributed by atoms with E-state index in [4.69, 9.17) is 4.74 Å². The zero-order valence-electron chi connectivity index (χ0n) is 37.8. The van der Waals surface area contributed by atoms with Crippen LogP contribution in [-0.4, -0.2) is 46.9 Å². The summed E-state index contributed by atoms with van der Waals surface area (Å²) in [5, 5.41) is 23.6. The minimum absolute atomic E-state index is 0.0338. The standard InChI is InChI=1S/C53H87NO5/c1-4-7-10-13-16-19-22-25-26-28-29-32-35-38-41-44-49(59-53(58)46-43-40-37-34-31-27-23-20-17-14-11-8-5-2)47-52(57)54-50(48-55)51(56)45-42-39-36-33-30-24-21-18-15-12-9-6-3/h8,11,14,16-17,19-20,23,25-27,29,31-32,34,37-38,41,49-51,55-56H,4-7,9-10,12-13,15,18,21-22,24,28,30,33,35-36,39-40,42-48H2,1-3H3,(H,54,57)/b11-8+,17-14+,19-16-,23-20-,26-25-,31-27-,32-29-,37-34+,41-38-. The summed E-state index contributed by atoms with van der Waals surface area (Å²) in [7, 11) is 0. The molecule has 6 nitrogen and oxygen atoms in total. The molecule has 0 bridgehead atoms. The van der Waals surface area contributed by atoms with Crippen molar-refractivity contribution >= 4 is 11.9 Å². The first-order valence-corrected chi connectivity index (χ1v) is 23.7. The summed E-state index contributed by atoms with van der Waals surface area (Å²) in [5.41, 5.74) is 0. The maximum absolute atomic E-state index is 13.1. The van der Waals surface area contributed by atoms with Gasteiger partial charge in [0.15, 0.2) is 0 Å². The van der Waals surface area contributed by atoms with E-state index >= 15 is 0 Å².